The first-order chi connectivity index (χ1) is 13.4. The van der Waals surface area contributed by atoms with Gasteiger partial charge in [0.25, 0.3) is 6.36 Å². The van der Waals surface area contributed by atoms with Gasteiger partial charge < -0.3 is 0 Å². The molecular weight excluding hydrogens is 494 g/mol. The first-order valence-corrected chi connectivity index (χ1v) is 7.55. The van der Waals surface area contributed by atoms with Crippen LogP contribution in [0.2, 0.25) is 0 Å². The van der Waals surface area contributed by atoms with E-state index in [1.54, 1.807) is 0 Å². The first-order valence-electron chi connectivity index (χ1n) is 7.55. The van der Waals surface area contributed by atoms with Crippen LogP contribution in [0.5, 0.6) is 0 Å². The molecule has 1 aliphatic heterocycles. The normalized spacial score (nSPS) is 21.3. The van der Waals surface area contributed by atoms with Crippen LogP contribution in [0.1, 0.15) is 12.8 Å². The maximum atomic E-state index is 13.8. The van der Waals surface area contributed by atoms with Crippen molar-refractivity contribution in [3.63, 3.8) is 0 Å². The Labute approximate surface area is 160 Å². The fourth-order valence-electron chi connectivity index (χ4n) is 2.12. The molecule has 1 rings (SSSR count). The van der Waals surface area contributed by atoms with Gasteiger partial charge in [-0.1, -0.05) is 0 Å². The van der Waals surface area contributed by atoms with E-state index in [-0.39, 0.29) is 17.7 Å². The first kappa shape index (κ1) is 27.8. The molecule has 2 unspecified atom stereocenters. The summed E-state index contributed by atoms with van der Waals surface area (Å²) in [6, 6.07) is -5.20. The predicted octanol–water partition coefficient (Wildman–Crippen LogP) is 5.62. The van der Waals surface area contributed by atoms with E-state index in [2.05, 4.69) is 4.74 Å². The topological polar surface area (TPSA) is 21.7 Å². The Morgan fingerprint density at radius 1 is 0.613 bits per heavy atom. The van der Waals surface area contributed by atoms with E-state index in [0.717, 1.165) is 0 Å². The van der Waals surface area contributed by atoms with Crippen LogP contribution in [-0.2, 0) is 9.47 Å². The second-order valence-corrected chi connectivity index (χ2v) is 6.02. The van der Waals surface area contributed by atoms with Gasteiger partial charge in [0.15, 0.2) is 0 Å². The van der Waals surface area contributed by atoms with Gasteiger partial charge in [-0.25, -0.2) is 9.29 Å². The molecular formula is C12H9F16NO2. The van der Waals surface area contributed by atoms with Gasteiger partial charge in [0.05, 0.1) is 0 Å². The average molecular weight is 503 g/mol. The van der Waals surface area contributed by atoms with Crippen LogP contribution in [-0.4, -0.2) is 66.7 Å². The molecule has 0 aromatic rings. The zero-order chi connectivity index (χ0) is 24.9. The van der Waals surface area contributed by atoms with Crippen molar-refractivity contribution < 1.29 is 79.7 Å². The van der Waals surface area contributed by atoms with Crippen LogP contribution >= 0.6 is 0 Å². The highest BCUT2D eigenvalue weighted by molar-refractivity contribution is 4.94. The Kier molecular flexibility index (Phi) is 7.14. The van der Waals surface area contributed by atoms with E-state index in [0.29, 0.717) is 0 Å². The van der Waals surface area contributed by atoms with Crippen molar-refractivity contribution in [2.45, 2.75) is 61.6 Å². The number of nitrogens with zero attached hydrogens (tertiary/aromatic N) is 1. The van der Waals surface area contributed by atoms with Crippen LogP contribution in [0.3, 0.4) is 0 Å². The Morgan fingerprint density at radius 3 is 1.39 bits per heavy atom. The molecule has 0 radical (unpaired) electrons. The molecule has 0 saturated carbocycles. The lowest BCUT2D eigenvalue weighted by Gasteiger charge is -2.39. The number of alkyl halides is 16. The van der Waals surface area contributed by atoms with E-state index in [1.807, 2.05) is 0 Å². The molecule has 0 N–H and O–H groups in total. The molecule has 0 amide bonds. The summed E-state index contributed by atoms with van der Waals surface area (Å²) >= 11 is 0. The van der Waals surface area contributed by atoms with E-state index >= 15 is 0 Å². The molecule has 2 atom stereocenters. The quantitative estimate of drug-likeness (QED) is 0.318. The predicted molar refractivity (Wildman–Crippen MR) is 63.6 cm³/mol. The van der Waals surface area contributed by atoms with E-state index in [1.165, 1.54) is 4.74 Å². The minimum atomic E-state index is -7.69. The second kappa shape index (κ2) is 7.96. The molecule has 3 nitrogen and oxygen atoms in total. The molecule has 0 aliphatic carbocycles. The molecule has 1 heterocycles. The Hall–Kier alpha value is -1.24. The maximum Gasteiger partial charge on any atom is 0.462 e. The third kappa shape index (κ3) is 4.91. The van der Waals surface area contributed by atoms with Crippen LogP contribution in [0, 0.1) is 0 Å². The molecule has 19 heteroatoms. The largest absolute Gasteiger partial charge is 0.462 e. The fraction of sp³-hybridized carbons (Fsp3) is 1.00. The zero-order valence-corrected chi connectivity index (χ0v) is 14.2. The number of rotatable bonds is 8. The van der Waals surface area contributed by atoms with Gasteiger partial charge in [0.1, 0.15) is 0 Å². The third-order valence-electron chi connectivity index (χ3n) is 3.78. The lowest BCUT2D eigenvalue weighted by Crippen LogP contribution is -2.66. The van der Waals surface area contributed by atoms with Crippen molar-refractivity contribution in [1.29, 1.82) is 0 Å². The number of hydrogen-bond donors (Lipinski definition) is 0. The summed E-state index contributed by atoms with van der Waals surface area (Å²) in [5, 5.41) is 0. The number of halogens is 16. The molecule has 1 aliphatic rings. The second-order valence-electron chi connectivity index (χ2n) is 6.02. The third-order valence-corrected chi connectivity index (χ3v) is 3.78. The van der Waals surface area contributed by atoms with Crippen LogP contribution < -0.4 is 0 Å². The van der Waals surface area contributed by atoms with Crippen molar-refractivity contribution in [3.8, 4) is 0 Å². The lowest BCUT2D eigenvalue weighted by molar-refractivity contribution is -0.542. The molecule has 0 bridgehead atoms. The van der Waals surface area contributed by atoms with E-state index in [4.69, 9.17) is 0 Å². The van der Waals surface area contributed by atoms with Gasteiger partial charge in [-0.05, 0) is 12.8 Å². The maximum absolute atomic E-state index is 13.8. The number of ether oxygens (including phenoxy) is 2. The van der Waals surface area contributed by atoms with Gasteiger partial charge in [0, 0.05) is 13.1 Å². The van der Waals surface area contributed by atoms with Crippen LogP contribution in [0.25, 0.3) is 0 Å². The standard InChI is InChI=1S/C12H9F16NO2/c13-5(6(14,15)29-3-1-2-4-29)30-12(27,28)8(18,10(22,23)24)31-11(25,26)7(16,17)9(19,20)21/h5H,1-4H2. The molecule has 186 valence electrons. The summed E-state index contributed by atoms with van der Waals surface area (Å²) in [6.45, 7) is -1.45. The van der Waals surface area contributed by atoms with Crippen molar-refractivity contribution >= 4 is 0 Å². The van der Waals surface area contributed by atoms with Gasteiger partial charge in [-0.2, -0.15) is 65.9 Å². The number of hydrogen-bond acceptors (Lipinski definition) is 3. The smallest absolute Gasteiger partial charge is 0.273 e. The minimum Gasteiger partial charge on any atom is -0.273 e. The van der Waals surface area contributed by atoms with Gasteiger partial charge in [-0.3, -0.25) is 9.47 Å². The molecule has 0 aromatic heterocycles. The highest BCUT2D eigenvalue weighted by atomic mass is 19.4. The SMILES string of the molecule is FC(OC(F)(F)C(F)(OC(F)(F)C(F)(F)C(F)(F)F)C(F)(F)F)C(F)(F)N1CCCC1. The molecule has 1 saturated heterocycles. The minimum absolute atomic E-state index is 0.0871. The summed E-state index contributed by atoms with van der Waals surface area (Å²) in [4.78, 5) is -0.269. The number of likely N-dealkylation sites (tertiary alicyclic amines) is 1. The fourth-order valence-corrected chi connectivity index (χ4v) is 2.12. The highest BCUT2D eigenvalue weighted by Gasteiger charge is 2.84. The van der Waals surface area contributed by atoms with E-state index < -0.39 is 61.8 Å². The van der Waals surface area contributed by atoms with Crippen molar-refractivity contribution in [1.82, 2.24) is 4.90 Å². The summed E-state index contributed by atoms with van der Waals surface area (Å²) < 4.78 is 210. The van der Waals surface area contributed by atoms with Crippen molar-refractivity contribution in [2.24, 2.45) is 0 Å². The lowest BCUT2D eigenvalue weighted by atomic mass is 10.2. The Balaban J connectivity index is 3.33. The van der Waals surface area contributed by atoms with Crippen LogP contribution in [0.15, 0.2) is 0 Å². The summed E-state index contributed by atoms with van der Waals surface area (Å²) in [5.41, 5.74) is 0. The summed E-state index contributed by atoms with van der Waals surface area (Å²) in [6.07, 6.45) is -35.1. The van der Waals surface area contributed by atoms with Gasteiger partial charge in [-0.15, -0.1) is 0 Å². The molecule has 31 heavy (non-hydrogen) atoms. The average Bonchev–Trinajstić information content (AvgIpc) is 3.06. The zero-order valence-electron chi connectivity index (χ0n) is 14.2. The molecule has 1 fully saturated rings. The highest BCUT2D eigenvalue weighted by Crippen LogP contribution is 2.55. The molecule has 0 spiro atoms. The summed E-state index contributed by atoms with van der Waals surface area (Å²) in [7, 11) is 0. The van der Waals surface area contributed by atoms with Crippen LogP contribution in [0.4, 0.5) is 70.2 Å². The molecule has 0 aromatic carbocycles. The summed E-state index contributed by atoms with van der Waals surface area (Å²) in [5.74, 6) is -15.3. The Morgan fingerprint density at radius 2 is 1.03 bits per heavy atom. The van der Waals surface area contributed by atoms with Gasteiger partial charge >= 0.3 is 42.4 Å². The van der Waals surface area contributed by atoms with Gasteiger partial charge in [0.2, 0.25) is 0 Å². The monoisotopic (exact) mass is 503 g/mol. The van der Waals surface area contributed by atoms with Crippen molar-refractivity contribution in [2.75, 3.05) is 13.1 Å². The van der Waals surface area contributed by atoms with E-state index in [9.17, 15) is 70.2 Å². The van der Waals surface area contributed by atoms with Crippen molar-refractivity contribution in [3.05, 3.63) is 0 Å². The Bertz CT molecular complexity index is 625.